The second kappa shape index (κ2) is 6.85. The Labute approximate surface area is 164 Å². The first kappa shape index (κ1) is 17.2. The Morgan fingerprint density at radius 2 is 1.77 bits per heavy atom. The number of hydrogen-bond acceptors (Lipinski definition) is 4. The van der Waals surface area contributed by atoms with Gasteiger partial charge in [0.1, 0.15) is 0 Å². The highest BCUT2D eigenvalue weighted by Gasteiger charge is 2.28. The largest absolute Gasteiger partial charge is 0.357 e. The predicted octanol–water partition coefficient (Wildman–Crippen LogP) is 4.53. The van der Waals surface area contributed by atoms with E-state index >= 15 is 0 Å². The maximum Gasteiger partial charge on any atom is 0.261 e. The number of rotatable bonds is 1. The molecular weight excluding hydrogens is 416 g/mol. The third-order valence-corrected chi connectivity index (χ3v) is 5.25. The van der Waals surface area contributed by atoms with Crippen molar-refractivity contribution in [1.29, 1.82) is 0 Å². The summed E-state index contributed by atoms with van der Waals surface area (Å²) in [6.45, 7) is 1.36. The number of anilines is 2. The summed E-state index contributed by atoms with van der Waals surface area (Å²) in [6, 6.07) is 13.0. The zero-order chi connectivity index (χ0) is 18.3. The van der Waals surface area contributed by atoms with Gasteiger partial charge in [0.2, 0.25) is 0 Å². The van der Waals surface area contributed by atoms with Gasteiger partial charge in [0.05, 0.1) is 21.6 Å². The summed E-state index contributed by atoms with van der Waals surface area (Å²) in [6.07, 6.45) is 0.822. The number of nitrogens with zero attached hydrogens (tertiary/aromatic N) is 4. The number of carbonyl (C=O) groups is 1. The summed E-state index contributed by atoms with van der Waals surface area (Å²) in [7, 11) is 1.97. The third-order valence-electron chi connectivity index (χ3n) is 4.43. The lowest BCUT2D eigenvalue weighted by Crippen LogP contribution is -2.32. The molecule has 1 aromatic heterocycles. The monoisotopic (exact) mass is 430 g/mol. The van der Waals surface area contributed by atoms with E-state index < -0.39 is 0 Å². The van der Waals surface area contributed by atoms with Gasteiger partial charge in [-0.15, -0.1) is 0 Å². The Morgan fingerprint density at radius 1 is 1.08 bits per heavy atom. The Kier molecular flexibility index (Phi) is 4.54. The van der Waals surface area contributed by atoms with Crippen LogP contribution in [0.1, 0.15) is 16.8 Å². The van der Waals surface area contributed by atoms with Crippen LogP contribution in [0.5, 0.6) is 0 Å². The Bertz CT molecular complexity index is 1010. The van der Waals surface area contributed by atoms with Crippen molar-refractivity contribution in [2.75, 3.05) is 29.9 Å². The molecule has 2 aromatic carbocycles. The summed E-state index contributed by atoms with van der Waals surface area (Å²) in [4.78, 5) is 26.5. The molecule has 2 heterocycles. The van der Waals surface area contributed by atoms with E-state index in [0.29, 0.717) is 28.8 Å². The van der Waals surface area contributed by atoms with Crippen LogP contribution < -0.4 is 9.80 Å². The summed E-state index contributed by atoms with van der Waals surface area (Å²) >= 11 is 9.70. The van der Waals surface area contributed by atoms with Gasteiger partial charge in [-0.25, -0.2) is 9.97 Å². The molecule has 0 bridgehead atoms. The lowest BCUT2D eigenvalue weighted by Gasteiger charge is -2.23. The fraction of sp³-hybridized carbons (Fsp3) is 0.211. The average Bonchev–Trinajstić information content (AvgIpc) is 2.80. The van der Waals surface area contributed by atoms with Gasteiger partial charge in [-0.1, -0.05) is 39.7 Å². The van der Waals surface area contributed by atoms with Crippen LogP contribution in [0.15, 0.2) is 46.9 Å². The molecule has 0 spiro atoms. The summed E-state index contributed by atoms with van der Waals surface area (Å²) in [5.74, 6) is 1.11. The first-order chi connectivity index (χ1) is 12.5. The summed E-state index contributed by atoms with van der Waals surface area (Å²) in [5, 5.41) is 0.422. The van der Waals surface area contributed by atoms with Crippen LogP contribution in [0.4, 0.5) is 11.6 Å². The molecule has 3 aromatic rings. The maximum atomic E-state index is 13.3. The van der Waals surface area contributed by atoms with Gasteiger partial charge in [0.25, 0.3) is 5.91 Å². The Morgan fingerprint density at radius 3 is 2.50 bits per heavy atom. The molecule has 0 N–H and O–H groups in total. The van der Waals surface area contributed by atoms with Crippen molar-refractivity contribution < 1.29 is 4.79 Å². The van der Waals surface area contributed by atoms with Crippen molar-refractivity contribution in [2.45, 2.75) is 6.42 Å². The zero-order valence-corrected chi connectivity index (χ0v) is 16.5. The van der Waals surface area contributed by atoms with Gasteiger partial charge < -0.3 is 4.90 Å². The molecule has 0 saturated heterocycles. The van der Waals surface area contributed by atoms with Crippen LogP contribution in [-0.2, 0) is 0 Å². The van der Waals surface area contributed by atoms with Crippen LogP contribution in [0, 0.1) is 0 Å². The second-order valence-corrected chi connectivity index (χ2v) is 7.54. The van der Waals surface area contributed by atoms with Gasteiger partial charge in [0, 0.05) is 24.6 Å². The van der Waals surface area contributed by atoms with Crippen LogP contribution in [0.2, 0.25) is 5.02 Å². The first-order valence-electron chi connectivity index (χ1n) is 8.29. The molecule has 0 radical (unpaired) electrons. The standard InChI is InChI=1S/C19H16BrClN4O/c1-24-9-4-10-25(19(26)13-11-12(20)7-8-14(13)21)18-17(24)22-15-5-2-3-6-16(15)23-18/h2-3,5-8,11H,4,9-10H2,1H3. The number of halogens is 2. The predicted molar refractivity (Wildman–Crippen MR) is 108 cm³/mol. The quantitative estimate of drug-likeness (QED) is 0.568. The molecule has 0 saturated carbocycles. The highest BCUT2D eigenvalue weighted by molar-refractivity contribution is 9.10. The van der Waals surface area contributed by atoms with E-state index in [1.54, 1.807) is 17.0 Å². The molecule has 5 nitrogen and oxygen atoms in total. The molecule has 0 fully saturated rings. The van der Waals surface area contributed by atoms with E-state index in [2.05, 4.69) is 15.9 Å². The van der Waals surface area contributed by atoms with Gasteiger partial charge in [0.15, 0.2) is 11.6 Å². The van der Waals surface area contributed by atoms with Gasteiger partial charge in [-0.05, 0) is 36.8 Å². The molecule has 0 atom stereocenters. The van der Waals surface area contributed by atoms with E-state index in [-0.39, 0.29) is 5.91 Å². The number of carbonyl (C=O) groups excluding carboxylic acids is 1. The van der Waals surface area contributed by atoms with Crippen molar-refractivity contribution >= 4 is 56.1 Å². The molecular formula is C19H16BrClN4O. The number of amides is 1. The van der Waals surface area contributed by atoms with Gasteiger partial charge >= 0.3 is 0 Å². The number of hydrogen-bond donors (Lipinski definition) is 0. The van der Waals surface area contributed by atoms with E-state index in [1.165, 1.54) is 0 Å². The van der Waals surface area contributed by atoms with Crippen molar-refractivity contribution in [3.8, 4) is 0 Å². The third kappa shape index (κ3) is 3.04. The van der Waals surface area contributed by atoms with Gasteiger partial charge in [-0.2, -0.15) is 0 Å². The van der Waals surface area contributed by atoms with Crippen molar-refractivity contribution in [3.63, 3.8) is 0 Å². The number of fused-ring (bicyclic) bond motifs is 2. The SMILES string of the molecule is CN1CCCN(C(=O)c2cc(Br)ccc2Cl)c2nc3ccccc3nc21. The fourth-order valence-electron chi connectivity index (χ4n) is 3.10. The Hall–Kier alpha value is -2.18. The van der Waals surface area contributed by atoms with Crippen molar-refractivity contribution in [1.82, 2.24) is 9.97 Å². The van der Waals surface area contributed by atoms with Crippen molar-refractivity contribution in [3.05, 3.63) is 57.5 Å². The summed E-state index contributed by atoms with van der Waals surface area (Å²) < 4.78 is 0.807. The second-order valence-electron chi connectivity index (χ2n) is 6.22. The molecule has 4 rings (SSSR count). The minimum atomic E-state index is -0.169. The fourth-order valence-corrected chi connectivity index (χ4v) is 3.66. The average molecular weight is 432 g/mol. The van der Waals surface area contributed by atoms with Gasteiger partial charge in [-0.3, -0.25) is 9.69 Å². The molecule has 26 heavy (non-hydrogen) atoms. The smallest absolute Gasteiger partial charge is 0.261 e. The van der Waals surface area contributed by atoms with E-state index in [4.69, 9.17) is 21.6 Å². The lowest BCUT2D eigenvalue weighted by molar-refractivity contribution is 0.0986. The van der Waals surface area contributed by atoms with Crippen LogP contribution in [0.25, 0.3) is 11.0 Å². The van der Waals surface area contributed by atoms with Crippen LogP contribution in [-0.4, -0.2) is 36.0 Å². The Balaban J connectivity index is 1.87. The highest BCUT2D eigenvalue weighted by atomic mass is 79.9. The molecule has 132 valence electrons. The van der Waals surface area contributed by atoms with E-state index in [9.17, 15) is 4.79 Å². The molecule has 1 aliphatic rings. The molecule has 1 aliphatic heterocycles. The summed E-state index contributed by atoms with van der Waals surface area (Å²) in [5.41, 5.74) is 2.03. The highest BCUT2D eigenvalue weighted by Crippen LogP contribution is 2.32. The molecule has 1 amide bonds. The number of para-hydroxylation sites is 2. The van der Waals surface area contributed by atoms with Crippen molar-refractivity contribution in [2.24, 2.45) is 0 Å². The zero-order valence-electron chi connectivity index (χ0n) is 14.1. The maximum absolute atomic E-state index is 13.3. The lowest BCUT2D eigenvalue weighted by atomic mass is 10.2. The normalized spacial score (nSPS) is 14.3. The minimum Gasteiger partial charge on any atom is -0.357 e. The topological polar surface area (TPSA) is 49.3 Å². The van der Waals surface area contributed by atoms with Crippen LogP contribution >= 0.6 is 27.5 Å². The van der Waals surface area contributed by atoms with E-state index in [0.717, 1.165) is 28.5 Å². The van der Waals surface area contributed by atoms with E-state index in [1.807, 2.05) is 42.3 Å². The molecule has 0 aliphatic carbocycles. The molecule has 7 heteroatoms. The number of aromatic nitrogens is 2. The van der Waals surface area contributed by atoms with Crippen LogP contribution in [0.3, 0.4) is 0 Å². The minimum absolute atomic E-state index is 0.169. The number of benzene rings is 2. The molecule has 0 unspecified atom stereocenters. The first-order valence-corrected chi connectivity index (χ1v) is 9.46.